The van der Waals surface area contributed by atoms with Crippen molar-refractivity contribution in [1.29, 1.82) is 0 Å². The summed E-state index contributed by atoms with van der Waals surface area (Å²) in [6.45, 7) is -0.385. The predicted molar refractivity (Wildman–Crippen MR) is 129 cm³/mol. The number of aromatic nitrogens is 1. The fourth-order valence-corrected chi connectivity index (χ4v) is 4.36. The van der Waals surface area contributed by atoms with E-state index in [1.807, 2.05) is 42.5 Å². The number of carbonyl (C=O) groups excluding carboxylic acids is 2. The molecule has 8 nitrogen and oxygen atoms in total. The van der Waals surface area contributed by atoms with Crippen molar-refractivity contribution < 1.29 is 34.0 Å². The van der Waals surface area contributed by atoms with Crippen LogP contribution in [0.15, 0.2) is 60.7 Å². The molecule has 182 valence electrons. The second-order valence-electron chi connectivity index (χ2n) is 8.07. The number of esters is 2. The zero-order valence-electron chi connectivity index (χ0n) is 19.5. The van der Waals surface area contributed by atoms with Crippen LogP contribution < -0.4 is 0 Å². The van der Waals surface area contributed by atoms with Crippen molar-refractivity contribution in [1.82, 2.24) is 4.57 Å². The first-order valence-electron chi connectivity index (χ1n) is 11.2. The van der Waals surface area contributed by atoms with Gasteiger partial charge in [0.2, 0.25) is 0 Å². The minimum absolute atomic E-state index is 0.0857. The Morgan fingerprint density at radius 3 is 2.14 bits per heavy atom. The van der Waals surface area contributed by atoms with Crippen molar-refractivity contribution in [3.63, 3.8) is 0 Å². The number of aliphatic hydroxyl groups excluding tert-OH is 2. The molecule has 8 heteroatoms. The van der Waals surface area contributed by atoms with Crippen LogP contribution >= 0.6 is 0 Å². The molecule has 35 heavy (non-hydrogen) atoms. The number of para-hydroxylation sites is 1. The highest BCUT2D eigenvalue weighted by Gasteiger charge is 2.41. The van der Waals surface area contributed by atoms with Crippen molar-refractivity contribution in [3.05, 3.63) is 88.7 Å². The molecule has 0 radical (unpaired) electrons. The molecule has 0 spiro atoms. The normalized spacial score (nSPS) is 19.7. The molecule has 0 amide bonds. The highest BCUT2D eigenvalue weighted by molar-refractivity contribution is 6.01. The highest BCUT2D eigenvalue weighted by Crippen LogP contribution is 2.41. The summed E-state index contributed by atoms with van der Waals surface area (Å²) in [6, 6.07) is 18.4. The van der Waals surface area contributed by atoms with Gasteiger partial charge >= 0.3 is 11.9 Å². The first-order chi connectivity index (χ1) is 17.0. The van der Waals surface area contributed by atoms with Gasteiger partial charge in [0.05, 0.1) is 33.0 Å². The second-order valence-corrected chi connectivity index (χ2v) is 8.07. The molecule has 3 unspecified atom stereocenters. The van der Waals surface area contributed by atoms with Crippen molar-refractivity contribution in [2.75, 3.05) is 20.8 Å². The quantitative estimate of drug-likeness (QED) is 0.502. The maximum atomic E-state index is 13.2. The van der Waals surface area contributed by atoms with Gasteiger partial charge in [-0.15, -0.1) is 0 Å². The molecule has 1 aliphatic rings. The summed E-state index contributed by atoms with van der Waals surface area (Å²) >= 11 is 0. The number of carbonyl (C=O) groups is 2. The fourth-order valence-electron chi connectivity index (χ4n) is 4.36. The highest BCUT2D eigenvalue weighted by atomic mass is 16.5. The van der Waals surface area contributed by atoms with Gasteiger partial charge in [-0.3, -0.25) is 4.57 Å². The molecule has 2 N–H and O–H groups in total. The van der Waals surface area contributed by atoms with Gasteiger partial charge in [0.25, 0.3) is 0 Å². The Morgan fingerprint density at radius 1 is 0.971 bits per heavy atom. The number of ether oxygens (including phenoxy) is 3. The monoisotopic (exact) mass is 477 g/mol. The summed E-state index contributed by atoms with van der Waals surface area (Å²) in [5, 5.41) is 20.1. The van der Waals surface area contributed by atoms with Gasteiger partial charge in [-0.2, -0.15) is 0 Å². The number of hydrogen-bond donors (Lipinski definition) is 2. The summed E-state index contributed by atoms with van der Waals surface area (Å²) in [6.07, 6.45) is 1.13. The summed E-state index contributed by atoms with van der Waals surface area (Å²) in [7, 11) is 2.52. The smallest absolute Gasteiger partial charge is 0.355 e. The van der Waals surface area contributed by atoms with E-state index in [0.717, 1.165) is 5.56 Å². The molecule has 1 aromatic heterocycles. The van der Waals surface area contributed by atoms with E-state index >= 15 is 0 Å². The van der Waals surface area contributed by atoms with Crippen LogP contribution in [0.1, 0.15) is 50.2 Å². The van der Waals surface area contributed by atoms with Crippen molar-refractivity contribution in [2.24, 2.45) is 0 Å². The van der Waals surface area contributed by atoms with E-state index in [0.29, 0.717) is 16.8 Å². The van der Waals surface area contributed by atoms with E-state index in [-0.39, 0.29) is 24.4 Å². The SMILES string of the molecule is COC(=O)c1c(C=Cc2ccccc2)c(C2CC(O)C(CO)O2)c(C(=O)OC)n1-c1ccccc1. The minimum Gasteiger partial charge on any atom is -0.464 e. The third-order valence-corrected chi connectivity index (χ3v) is 5.99. The van der Waals surface area contributed by atoms with Crippen LogP contribution in [0.3, 0.4) is 0 Å². The number of methoxy groups -OCH3 is 2. The Morgan fingerprint density at radius 2 is 1.57 bits per heavy atom. The average molecular weight is 478 g/mol. The zero-order valence-corrected chi connectivity index (χ0v) is 19.5. The van der Waals surface area contributed by atoms with E-state index in [2.05, 4.69) is 0 Å². The summed E-state index contributed by atoms with van der Waals surface area (Å²) in [5.74, 6) is -1.34. The Labute approximate surface area is 203 Å². The van der Waals surface area contributed by atoms with Gasteiger partial charge in [0.15, 0.2) is 0 Å². The number of hydrogen-bond acceptors (Lipinski definition) is 7. The summed E-state index contributed by atoms with van der Waals surface area (Å²) < 4.78 is 17.7. The molecule has 4 rings (SSSR count). The van der Waals surface area contributed by atoms with E-state index < -0.39 is 30.3 Å². The number of nitrogens with zero attached hydrogens (tertiary/aromatic N) is 1. The lowest BCUT2D eigenvalue weighted by Gasteiger charge is -2.15. The largest absolute Gasteiger partial charge is 0.464 e. The molecule has 2 aromatic carbocycles. The molecule has 2 heterocycles. The minimum atomic E-state index is -0.942. The van der Waals surface area contributed by atoms with Crippen LogP contribution in [0.4, 0.5) is 0 Å². The average Bonchev–Trinajstić information content (AvgIpc) is 3.44. The van der Waals surface area contributed by atoms with Gasteiger partial charge in [-0.25, -0.2) is 9.59 Å². The first-order valence-corrected chi connectivity index (χ1v) is 11.2. The van der Waals surface area contributed by atoms with Gasteiger partial charge in [-0.1, -0.05) is 60.7 Å². The number of rotatable bonds is 7. The first kappa shape index (κ1) is 24.4. The van der Waals surface area contributed by atoms with Crippen LogP contribution in [0.5, 0.6) is 0 Å². The van der Waals surface area contributed by atoms with E-state index in [9.17, 15) is 19.8 Å². The standard InChI is InChI=1S/C27H27NO7/c1-33-26(31)24-19(14-13-17-9-5-3-6-10-17)23(21-15-20(30)22(16-29)35-21)25(27(32)34-2)28(24)18-11-7-4-8-12-18/h3-14,20-22,29-30H,15-16H2,1-2H3. The van der Waals surface area contributed by atoms with Gasteiger partial charge in [-0.05, 0) is 17.7 Å². The third kappa shape index (κ3) is 4.77. The lowest BCUT2D eigenvalue weighted by Crippen LogP contribution is -2.24. The van der Waals surface area contributed by atoms with Crippen LogP contribution in [-0.4, -0.2) is 59.8 Å². The molecular formula is C27H27NO7. The van der Waals surface area contributed by atoms with Gasteiger partial charge in [0.1, 0.15) is 17.5 Å². The van der Waals surface area contributed by atoms with Crippen molar-refractivity contribution >= 4 is 24.1 Å². The number of aliphatic hydroxyl groups is 2. The molecule has 3 aromatic rings. The Hall–Kier alpha value is -3.72. The van der Waals surface area contributed by atoms with Crippen LogP contribution in [-0.2, 0) is 14.2 Å². The fraction of sp³-hybridized carbons (Fsp3) is 0.259. The number of benzene rings is 2. The molecule has 0 saturated carbocycles. The zero-order chi connectivity index (χ0) is 24.9. The molecule has 0 bridgehead atoms. The second kappa shape index (κ2) is 10.7. The predicted octanol–water partition coefficient (Wildman–Crippen LogP) is 3.40. The van der Waals surface area contributed by atoms with Crippen molar-refractivity contribution in [2.45, 2.75) is 24.7 Å². The maximum absolute atomic E-state index is 13.2. The molecular weight excluding hydrogens is 450 g/mol. The van der Waals surface area contributed by atoms with E-state index in [4.69, 9.17) is 14.2 Å². The summed E-state index contributed by atoms with van der Waals surface area (Å²) in [5.41, 5.74) is 2.41. The topological polar surface area (TPSA) is 107 Å². The Kier molecular flexibility index (Phi) is 7.45. The van der Waals surface area contributed by atoms with E-state index in [1.54, 1.807) is 30.3 Å². The third-order valence-electron chi connectivity index (χ3n) is 5.99. The van der Waals surface area contributed by atoms with Crippen LogP contribution in [0.2, 0.25) is 0 Å². The molecule has 1 aliphatic heterocycles. The van der Waals surface area contributed by atoms with E-state index in [1.165, 1.54) is 18.8 Å². The Bertz CT molecular complexity index is 1220. The van der Waals surface area contributed by atoms with Gasteiger partial charge < -0.3 is 24.4 Å². The molecule has 1 saturated heterocycles. The maximum Gasteiger partial charge on any atom is 0.355 e. The lowest BCUT2D eigenvalue weighted by atomic mass is 9.98. The molecule has 1 fully saturated rings. The molecule has 0 aliphatic carbocycles. The lowest BCUT2D eigenvalue weighted by molar-refractivity contribution is -0.0228. The molecule has 3 atom stereocenters. The Balaban J connectivity index is 2.05. The van der Waals surface area contributed by atoms with Crippen LogP contribution in [0.25, 0.3) is 17.8 Å². The van der Waals surface area contributed by atoms with Crippen molar-refractivity contribution in [3.8, 4) is 5.69 Å². The van der Waals surface area contributed by atoms with Crippen LogP contribution in [0, 0.1) is 0 Å². The van der Waals surface area contributed by atoms with Gasteiger partial charge in [0, 0.05) is 23.2 Å². The summed E-state index contributed by atoms with van der Waals surface area (Å²) in [4.78, 5) is 26.3.